The van der Waals surface area contributed by atoms with Crippen LogP contribution in [0.2, 0.25) is 0 Å². The van der Waals surface area contributed by atoms with E-state index in [0.29, 0.717) is 5.92 Å². The quantitative estimate of drug-likeness (QED) is 0.147. The van der Waals surface area contributed by atoms with Crippen LogP contribution in [0, 0.1) is 13.8 Å². The summed E-state index contributed by atoms with van der Waals surface area (Å²) in [6.07, 6.45) is 10.4. The third-order valence-corrected chi connectivity index (χ3v) is 14.9. The lowest BCUT2D eigenvalue weighted by atomic mass is 9.77. The van der Waals surface area contributed by atoms with Crippen LogP contribution in [0.25, 0.3) is 61.2 Å². The second kappa shape index (κ2) is 16.8. The Morgan fingerprint density at radius 3 is 1.94 bits per heavy atom. The van der Waals surface area contributed by atoms with Crippen LogP contribution in [0.1, 0.15) is 98.2 Å². The Kier molecular flexibility index (Phi) is 10.6. The van der Waals surface area contributed by atoms with Gasteiger partial charge in [-0.2, -0.15) is 0 Å². The lowest BCUT2D eigenvalue weighted by Crippen LogP contribution is -2.22. The Hall–Kier alpha value is -6.96. The molecular weight excluding hydrogens is 795 g/mol. The van der Waals surface area contributed by atoms with Crippen molar-refractivity contribution in [2.45, 2.75) is 85.0 Å². The summed E-state index contributed by atoms with van der Waals surface area (Å²) in [7, 11) is 0. The molecule has 8 aromatic carbocycles. The number of hydrogen-bond donors (Lipinski definition) is 0. The fourth-order valence-electron chi connectivity index (χ4n) is 11.6. The summed E-state index contributed by atoms with van der Waals surface area (Å²) in [5.74, 6) is 0.590. The molecule has 0 amide bonds. The topological polar surface area (TPSA) is 3.24 Å². The van der Waals surface area contributed by atoms with E-state index in [1.165, 1.54) is 130 Å². The molecule has 0 N–H and O–H groups in total. The zero-order valence-corrected chi connectivity index (χ0v) is 39.4. The molecular formula is C65H59N. The molecule has 0 spiro atoms. The molecule has 0 heterocycles. The van der Waals surface area contributed by atoms with Crippen molar-refractivity contribution >= 4 is 22.6 Å². The van der Waals surface area contributed by atoms with Gasteiger partial charge in [0, 0.05) is 16.8 Å². The van der Waals surface area contributed by atoms with Crippen molar-refractivity contribution in [2.75, 3.05) is 4.90 Å². The Bertz CT molecular complexity index is 3230. The van der Waals surface area contributed by atoms with E-state index in [-0.39, 0.29) is 5.41 Å². The first-order valence-electron chi connectivity index (χ1n) is 24.4. The molecule has 0 atom stereocenters. The SMILES string of the molecule is CC.Cc1cc(N(c2ccc(-c3ccccc3)cc2)c2cccc3c2C(C)(C)C2=C3C=CCC2)ccc1-c1ccc(-c2cccc3c2-c2cccc(-c4ccccc4C)c2C3)cc1C1CC1. The van der Waals surface area contributed by atoms with Gasteiger partial charge in [0.15, 0.2) is 0 Å². The highest BCUT2D eigenvalue weighted by Gasteiger charge is 2.40. The van der Waals surface area contributed by atoms with Crippen LogP contribution in [-0.4, -0.2) is 0 Å². The second-order valence-electron chi connectivity index (χ2n) is 19.1. The maximum absolute atomic E-state index is 2.54. The van der Waals surface area contributed by atoms with E-state index in [9.17, 15) is 0 Å². The molecule has 66 heavy (non-hydrogen) atoms. The molecule has 324 valence electrons. The monoisotopic (exact) mass is 853 g/mol. The molecule has 0 radical (unpaired) electrons. The highest BCUT2D eigenvalue weighted by molar-refractivity contribution is 5.96. The van der Waals surface area contributed by atoms with Gasteiger partial charge in [-0.15, -0.1) is 0 Å². The molecule has 1 heteroatoms. The summed E-state index contributed by atoms with van der Waals surface area (Å²) in [4.78, 5) is 2.53. The van der Waals surface area contributed by atoms with Crippen molar-refractivity contribution < 1.29 is 0 Å². The van der Waals surface area contributed by atoms with E-state index in [1.807, 2.05) is 13.8 Å². The molecule has 1 fully saturated rings. The molecule has 0 saturated heterocycles. The molecule has 0 unspecified atom stereocenters. The molecule has 4 aliphatic rings. The standard InChI is InChI=1S/C63H53N.C2H6/c1-40-15-8-9-19-49(40)52-22-13-23-55-58(52)39-46-18-12-21-51(61(46)55)45-31-35-53(57(38-45)44-27-28-44)50-36-34-48(37-41(50)2)64(47-32-29-43(30-33-47)42-16-6-5-7-17-42)60-26-14-24-56-54-20-10-11-25-59(54)63(3,4)62(56)60;1-2/h5-10,12-24,26,29-38,44H,11,25,27-28,39H2,1-4H3;1-2H3. The maximum Gasteiger partial charge on any atom is 0.0508 e. The van der Waals surface area contributed by atoms with Gasteiger partial charge in [-0.05, 0) is 182 Å². The van der Waals surface area contributed by atoms with Crippen LogP contribution in [-0.2, 0) is 11.8 Å². The average Bonchev–Trinajstić information content (AvgIpc) is 4.10. The van der Waals surface area contributed by atoms with Gasteiger partial charge in [0.1, 0.15) is 0 Å². The van der Waals surface area contributed by atoms with Crippen molar-refractivity contribution in [3.63, 3.8) is 0 Å². The fourth-order valence-corrected chi connectivity index (χ4v) is 11.6. The molecule has 0 aliphatic heterocycles. The van der Waals surface area contributed by atoms with Gasteiger partial charge in [0.25, 0.3) is 0 Å². The molecule has 0 aromatic heterocycles. The lowest BCUT2D eigenvalue weighted by Gasteiger charge is -2.33. The van der Waals surface area contributed by atoms with Crippen molar-refractivity contribution in [3.8, 4) is 55.6 Å². The highest BCUT2D eigenvalue weighted by atomic mass is 15.1. The summed E-state index contributed by atoms with van der Waals surface area (Å²) < 4.78 is 0. The predicted octanol–water partition coefficient (Wildman–Crippen LogP) is 18.3. The zero-order chi connectivity index (χ0) is 45.1. The molecule has 1 nitrogen and oxygen atoms in total. The zero-order valence-electron chi connectivity index (χ0n) is 39.4. The first-order valence-corrected chi connectivity index (χ1v) is 24.4. The number of allylic oxidation sites excluding steroid dienone is 4. The summed E-state index contributed by atoms with van der Waals surface area (Å²) in [6.45, 7) is 13.4. The number of hydrogen-bond acceptors (Lipinski definition) is 1. The minimum atomic E-state index is -0.0751. The average molecular weight is 854 g/mol. The van der Waals surface area contributed by atoms with E-state index < -0.39 is 0 Å². The Balaban J connectivity index is 0.00000238. The van der Waals surface area contributed by atoms with Crippen LogP contribution in [0.15, 0.2) is 188 Å². The number of anilines is 3. The van der Waals surface area contributed by atoms with E-state index in [4.69, 9.17) is 0 Å². The predicted molar refractivity (Wildman–Crippen MR) is 282 cm³/mol. The molecule has 4 aliphatic carbocycles. The Labute approximate surface area is 392 Å². The number of rotatable bonds is 8. The number of nitrogens with zero attached hydrogens (tertiary/aromatic N) is 1. The van der Waals surface area contributed by atoms with E-state index in [0.717, 1.165) is 19.3 Å². The molecule has 0 bridgehead atoms. The minimum Gasteiger partial charge on any atom is -0.310 e. The van der Waals surface area contributed by atoms with Crippen molar-refractivity contribution in [1.29, 1.82) is 0 Å². The van der Waals surface area contributed by atoms with Crippen LogP contribution in [0.4, 0.5) is 17.1 Å². The van der Waals surface area contributed by atoms with Gasteiger partial charge in [-0.25, -0.2) is 0 Å². The van der Waals surface area contributed by atoms with Gasteiger partial charge < -0.3 is 4.90 Å². The third-order valence-electron chi connectivity index (χ3n) is 14.9. The first-order chi connectivity index (χ1) is 32.3. The summed E-state index contributed by atoms with van der Waals surface area (Å²) in [5.41, 5.74) is 29.6. The summed E-state index contributed by atoms with van der Waals surface area (Å²) in [5, 5.41) is 0. The van der Waals surface area contributed by atoms with E-state index >= 15 is 0 Å². The Morgan fingerprint density at radius 1 is 0.515 bits per heavy atom. The second-order valence-corrected chi connectivity index (χ2v) is 19.1. The van der Waals surface area contributed by atoms with Gasteiger partial charge in [-0.1, -0.05) is 185 Å². The number of aryl methyl sites for hydroxylation is 2. The highest BCUT2D eigenvalue weighted by Crippen LogP contribution is 2.56. The third kappa shape index (κ3) is 6.99. The van der Waals surface area contributed by atoms with Gasteiger partial charge >= 0.3 is 0 Å². The normalized spacial score (nSPS) is 15.1. The van der Waals surface area contributed by atoms with Crippen LogP contribution in [0.5, 0.6) is 0 Å². The van der Waals surface area contributed by atoms with Crippen LogP contribution < -0.4 is 4.90 Å². The fraction of sp³-hybridized carbons (Fsp3) is 0.200. The van der Waals surface area contributed by atoms with Crippen molar-refractivity contribution in [3.05, 3.63) is 227 Å². The molecule has 8 aromatic rings. The molecule has 1 saturated carbocycles. The largest absolute Gasteiger partial charge is 0.310 e. The van der Waals surface area contributed by atoms with Gasteiger partial charge in [0.2, 0.25) is 0 Å². The summed E-state index contributed by atoms with van der Waals surface area (Å²) >= 11 is 0. The smallest absolute Gasteiger partial charge is 0.0508 e. The number of benzene rings is 8. The van der Waals surface area contributed by atoms with Crippen molar-refractivity contribution in [1.82, 2.24) is 0 Å². The van der Waals surface area contributed by atoms with Crippen molar-refractivity contribution in [2.24, 2.45) is 0 Å². The minimum absolute atomic E-state index is 0.0751. The van der Waals surface area contributed by atoms with Crippen LogP contribution >= 0.6 is 0 Å². The molecule has 12 rings (SSSR count). The Morgan fingerprint density at radius 2 is 1.15 bits per heavy atom. The van der Waals surface area contributed by atoms with Gasteiger partial charge in [-0.3, -0.25) is 0 Å². The lowest BCUT2D eigenvalue weighted by molar-refractivity contribution is 0.608. The van der Waals surface area contributed by atoms with Crippen LogP contribution in [0.3, 0.4) is 0 Å². The van der Waals surface area contributed by atoms with Gasteiger partial charge in [0.05, 0.1) is 5.69 Å². The summed E-state index contributed by atoms with van der Waals surface area (Å²) in [6, 6.07) is 64.2. The van der Waals surface area contributed by atoms with E-state index in [2.05, 4.69) is 215 Å². The number of fused-ring (bicyclic) bond motifs is 5. The maximum atomic E-state index is 2.54. The first kappa shape index (κ1) is 41.7. The van der Waals surface area contributed by atoms with E-state index in [1.54, 1.807) is 5.57 Å².